The monoisotopic (exact) mass is 535 g/mol. The van der Waals surface area contributed by atoms with E-state index in [-0.39, 0.29) is 17.3 Å². The van der Waals surface area contributed by atoms with E-state index in [0.29, 0.717) is 12.0 Å². The average Bonchev–Trinajstić information content (AvgIpc) is 2.89. The normalized spacial score (nSPS) is 19.8. The highest BCUT2D eigenvalue weighted by molar-refractivity contribution is 5.72. The molecule has 0 aromatic carbocycles. The number of rotatable bonds is 23. The average molecular weight is 535 g/mol. The molecule has 0 aliphatic heterocycles. The van der Waals surface area contributed by atoms with Crippen LogP contribution in [0.25, 0.3) is 0 Å². The summed E-state index contributed by atoms with van der Waals surface area (Å²) in [5.74, 6) is 0.982. The second-order valence-corrected chi connectivity index (χ2v) is 14.5. The molecule has 2 heteroatoms. The van der Waals surface area contributed by atoms with Crippen molar-refractivity contribution >= 4 is 5.97 Å². The summed E-state index contributed by atoms with van der Waals surface area (Å²) in [6, 6.07) is 0. The molecular weight excluding hydrogens is 464 g/mol. The predicted molar refractivity (Wildman–Crippen MR) is 168 cm³/mol. The lowest BCUT2D eigenvalue weighted by Gasteiger charge is -2.36. The lowest BCUT2D eigenvalue weighted by molar-refractivity contribution is -0.154. The lowest BCUT2D eigenvalue weighted by Crippen LogP contribution is -2.32. The maximum Gasteiger partial charge on any atom is 0.308 e. The third-order valence-corrected chi connectivity index (χ3v) is 9.62. The van der Waals surface area contributed by atoms with E-state index in [0.717, 1.165) is 18.8 Å². The molecule has 0 bridgehead atoms. The van der Waals surface area contributed by atoms with Gasteiger partial charge in [0.1, 0.15) is 0 Å². The van der Waals surface area contributed by atoms with Crippen molar-refractivity contribution in [3.8, 4) is 0 Å². The van der Waals surface area contributed by atoms with Gasteiger partial charge in [0.15, 0.2) is 0 Å². The molecule has 2 nitrogen and oxygen atoms in total. The summed E-state index contributed by atoms with van der Waals surface area (Å²) in [5, 5.41) is 0. The van der Waals surface area contributed by atoms with Crippen LogP contribution >= 0.6 is 0 Å². The van der Waals surface area contributed by atoms with Crippen molar-refractivity contribution in [1.29, 1.82) is 0 Å². The fourth-order valence-corrected chi connectivity index (χ4v) is 6.55. The minimum Gasteiger partial charge on any atom is -0.465 e. The van der Waals surface area contributed by atoms with Crippen LogP contribution in [-0.4, -0.2) is 12.6 Å². The van der Waals surface area contributed by atoms with Gasteiger partial charge in [-0.3, -0.25) is 4.79 Å². The van der Waals surface area contributed by atoms with Crippen LogP contribution in [0.3, 0.4) is 0 Å². The summed E-state index contributed by atoms with van der Waals surface area (Å²) in [6.07, 6.45) is 31.5. The summed E-state index contributed by atoms with van der Waals surface area (Å²) < 4.78 is 6.09. The van der Waals surface area contributed by atoms with Gasteiger partial charge in [-0.15, -0.1) is 0 Å². The number of carbonyl (C=O) groups is 1. The van der Waals surface area contributed by atoms with E-state index in [4.69, 9.17) is 4.74 Å². The molecule has 226 valence electrons. The molecule has 0 aromatic rings. The number of hydrogen-bond acceptors (Lipinski definition) is 2. The zero-order chi connectivity index (χ0) is 28.1. The zero-order valence-electron chi connectivity index (χ0n) is 27.1. The molecule has 0 saturated heterocycles. The molecule has 1 fully saturated rings. The highest BCUT2D eigenvalue weighted by Crippen LogP contribution is 2.40. The van der Waals surface area contributed by atoms with Crippen molar-refractivity contribution in [1.82, 2.24) is 0 Å². The Balaban J connectivity index is 2.40. The van der Waals surface area contributed by atoms with Crippen LogP contribution in [0.4, 0.5) is 0 Å². The van der Waals surface area contributed by atoms with E-state index in [9.17, 15) is 4.79 Å². The fourth-order valence-electron chi connectivity index (χ4n) is 6.55. The van der Waals surface area contributed by atoms with E-state index < -0.39 is 0 Å². The predicted octanol–water partition coefficient (Wildman–Crippen LogP) is 12.2. The Morgan fingerprint density at radius 3 is 1.32 bits per heavy atom. The third kappa shape index (κ3) is 17.2. The maximum absolute atomic E-state index is 13.0. The van der Waals surface area contributed by atoms with Crippen LogP contribution in [0.2, 0.25) is 0 Å². The van der Waals surface area contributed by atoms with Crippen LogP contribution in [0.1, 0.15) is 196 Å². The van der Waals surface area contributed by atoms with E-state index in [1.54, 1.807) is 0 Å². The van der Waals surface area contributed by atoms with Gasteiger partial charge < -0.3 is 4.74 Å². The van der Waals surface area contributed by atoms with E-state index in [2.05, 4.69) is 41.5 Å². The molecule has 1 unspecified atom stereocenters. The van der Waals surface area contributed by atoms with Gasteiger partial charge in [-0.1, -0.05) is 157 Å². The van der Waals surface area contributed by atoms with Gasteiger partial charge in [0.2, 0.25) is 0 Å². The van der Waals surface area contributed by atoms with E-state index in [1.807, 2.05) is 0 Å². The van der Waals surface area contributed by atoms with Crippen LogP contribution in [0.15, 0.2) is 0 Å². The smallest absolute Gasteiger partial charge is 0.308 e. The van der Waals surface area contributed by atoms with Gasteiger partial charge in [0, 0.05) is 5.41 Å². The molecule has 0 spiro atoms. The summed E-state index contributed by atoms with van der Waals surface area (Å²) in [6.45, 7) is 14.7. The van der Waals surface area contributed by atoms with Crippen molar-refractivity contribution in [3.63, 3.8) is 0 Å². The lowest BCUT2D eigenvalue weighted by atomic mass is 9.70. The minimum atomic E-state index is 0.0996. The maximum atomic E-state index is 13.0. The third-order valence-electron chi connectivity index (χ3n) is 9.62. The second-order valence-electron chi connectivity index (χ2n) is 14.5. The Hall–Kier alpha value is -0.530. The molecule has 1 atom stereocenters. The Morgan fingerprint density at radius 1 is 0.579 bits per heavy atom. The van der Waals surface area contributed by atoms with Crippen LogP contribution in [0.5, 0.6) is 0 Å². The Bertz CT molecular complexity index is 554. The number of ether oxygens (including phenoxy) is 1. The summed E-state index contributed by atoms with van der Waals surface area (Å²) in [5.41, 5.74) is 0.513. The Kier molecular flexibility index (Phi) is 19.8. The highest BCUT2D eigenvalue weighted by atomic mass is 16.5. The molecule has 1 aliphatic carbocycles. The minimum absolute atomic E-state index is 0.0996. The first-order chi connectivity index (χ1) is 18.2. The summed E-state index contributed by atoms with van der Waals surface area (Å²) in [4.78, 5) is 13.0. The number of hydrogen-bond donors (Lipinski definition) is 0. The number of unbranched alkanes of at least 4 members (excludes halogenated alkanes) is 16. The molecule has 0 N–H and O–H groups in total. The molecule has 0 radical (unpaired) electrons. The molecule has 0 amide bonds. The number of carbonyl (C=O) groups excluding carboxylic acids is 1. The number of esters is 1. The van der Waals surface area contributed by atoms with Gasteiger partial charge in [-0.05, 0) is 49.9 Å². The standard InChI is InChI=1S/C36H70O2/c1-7-9-11-13-15-17-18-20-22-24-30-36(6,29-23-21-19-16-14-12-10-8-2)31-38-34(37)32-25-27-33(28-26-32)35(3,4)5/h32-33H,7-31H2,1-6H3. The molecule has 1 rings (SSSR count). The van der Waals surface area contributed by atoms with Crippen molar-refractivity contribution in [2.75, 3.05) is 6.61 Å². The van der Waals surface area contributed by atoms with Crippen molar-refractivity contribution < 1.29 is 9.53 Å². The molecule has 1 aliphatic rings. The second kappa shape index (κ2) is 21.2. The van der Waals surface area contributed by atoms with Crippen LogP contribution in [0, 0.1) is 22.7 Å². The van der Waals surface area contributed by atoms with Crippen LogP contribution in [-0.2, 0) is 9.53 Å². The SMILES string of the molecule is CCCCCCCCCCCCC(C)(CCCCCCCCCC)COC(=O)C1CCC(C(C)(C)C)CC1. The van der Waals surface area contributed by atoms with Gasteiger partial charge >= 0.3 is 5.97 Å². The quantitative estimate of drug-likeness (QED) is 0.0962. The molecule has 38 heavy (non-hydrogen) atoms. The summed E-state index contributed by atoms with van der Waals surface area (Å²) >= 11 is 0. The largest absolute Gasteiger partial charge is 0.465 e. The molecule has 1 saturated carbocycles. The molecular formula is C36H70O2. The first-order valence-corrected chi connectivity index (χ1v) is 17.4. The molecule has 0 heterocycles. The van der Waals surface area contributed by atoms with Crippen molar-refractivity contribution in [2.24, 2.45) is 22.7 Å². The fraction of sp³-hybridized carbons (Fsp3) is 0.972. The zero-order valence-corrected chi connectivity index (χ0v) is 27.1. The molecule has 0 aromatic heterocycles. The first-order valence-electron chi connectivity index (χ1n) is 17.4. The summed E-state index contributed by atoms with van der Waals surface area (Å²) in [7, 11) is 0. The highest BCUT2D eigenvalue weighted by Gasteiger charge is 2.34. The van der Waals surface area contributed by atoms with E-state index >= 15 is 0 Å². The van der Waals surface area contributed by atoms with Gasteiger partial charge in [-0.25, -0.2) is 0 Å². The first kappa shape index (κ1) is 35.5. The van der Waals surface area contributed by atoms with Crippen LogP contribution < -0.4 is 0 Å². The Morgan fingerprint density at radius 2 is 0.947 bits per heavy atom. The Labute approximate surface area is 240 Å². The van der Waals surface area contributed by atoms with Gasteiger partial charge in [-0.2, -0.15) is 0 Å². The van der Waals surface area contributed by atoms with Gasteiger partial charge in [0.05, 0.1) is 12.5 Å². The van der Waals surface area contributed by atoms with Crippen molar-refractivity contribution in [2.45, 2.75) is 196 Å². The van der Waals surface area contributed by atoms with E-state index in [1.165, 1.54) is 141 Å². The van der Waals surface area contributed by atoms with Crippen molar-refractivity contribution in [3.05, 3.63) is 0 Å². The van der Waals surface area contributed by atoms with Gasteiger partial charge in [0.25, 0.3) is 0 Å². The topological polar surface area (TPSA) is 26.3 Å².